The van der Waals surface area contributed by atoms with Gasteiger partial charge in [-0.05, 0) is 13.3 Å². The van der Waals surface area contributed by atoms with Gasteiger partial charge >= 0.3 is 6.16 Å². The number of Topliss-reactive ketones (excluding diaryl/α,β-unsaturated/α-hetero) is 1. The molecule has 0 aliphatic heterocycles. The molecule has 0 aromatic carbocycles. The van der Waals surface area contributed by atoms with Gasteiger partial charge in [-0.2, -0.15) is 0 Å². The fraction of sp³-hybridized carbons (Fsp3) is 0.774. The van der Waals surface area contributed by atoms with Crippen LogP contribution in [0.3, 0.4) is 0 Å². The van der Waals surface area contributed by atoms with E-state index in [1.807, 2.05) is 35.2 Å². The lowest BCUT2D eigenvalue weighted by Crippen LogP contribution is -3.00. The third kappa shape index (κ3) is 22.5. The molecule has 1 heterocycles. The van der Waals surface area contributed by atoms with Gasteiger partial charge in [-0.3, -0.25) is 4.79 Å². The molecule has 0 unspecified atom stereocenters. The Bertz CT molecular complexity index is 673. The normalized spacial score (nSPS) is 11.5. The minimum Gasteiger partial charge on any atom is -1.00 e. The molecule has 0 aliphatic rings. The van der Waals surface area contributed by atoms with Crippen molar-refractivity contribution in [2.24, 2.45) is 5.92 Å². The van der Waals surface area contributed by atoms with Crippen LogP contribution in [-0.4, -0.2) is 38.4 Å². The summed E-state index contributed by atoms with van der Waals surface area (Å²) >= 11 is 0. The van der Waals surface area contributed by atoms with Crippen LogP contribution >= 0.6 is 0 Å². The van der Waals surface area contributed by atoms with Crippen LogP contribution < -0.4 is 21.5 Å². The summed E-state index contributed by atoms with van der Waals surface area (Å²) in [6, 6.07) is 5.75. The SMILES string of the molecule is CCCCCCCCCCCCCCCCCCOC[C@@H](COC(=O)OCC[n+]1ccccc1)C(C)=O.[Br-]. The Hall–Kier alpha value is -1.47. The number of ketones is 1. The van der Waals surface area contributed by atoms with Gasteiger partial charge in [-0.1, -0.05) is 109 Å². The van der Waals surface area contributed by atoms with Crippen molar-refractivity contribution in [1.82, 2.24) is 0 Å². The van der Waals surface area contributed by atoms with Crippen molar-refractivity contribution < 1.29 is 45.3 Å². The highest BCUT2D eigenvalue weighted by Crippen LogP contribution is 2.14. The average molecular weight is 601 g/mol. The summed E-state index contributed by atoms with van der Waals surface area (Å²) in [6.45, 7) is 5.46. The number of carbonyl (C=O) groups excluding carboxylic acids is 2. The zero-order chi connectivity index (χ0) is 26.8. The van der Waals surface area contributed by atoms with Crippen molar-refractivity contribution >= 4 is 11.9 Å². The van der Waals surface area contributed by atoms with Crippen LogP contribution in [-0.2, 0) is 25.5 Å². The molecule has 0 radical (unpaired) electrons. The molecule has 0 bridgehead atoms. The zero-order valence-corrected chi connectivity index (χ0v) is 25.8. The Morgan fingerprint density at radius 1 is 0.658 bits per heavy atom. The van der Waals surface area contributed by atoms with Gasteiger partial charge in [0.2, 0.25) is 0 Å². The topological polar surface area (TPSA) is 65.7 Å². The molecule has 1 atom stereocenters. The molecule has 220 valence electrons. The predicted molar refractivity (Wildman–Crippen MR) is 148 cm³/mol. The molecule has 0 fully saturated rings. The molecule has 0 saturated heterocycles. The van der Waals surface area contributed by atoms with Crippen LogP contribution in [0, 0.1) is 5.92 Å². The van der Waals surface area contributed by atoms with E-state index in [9.17, 15) is 9.59 Å². The van der Waals surface area contributed by atoms with Crippen molar-refractivity contribution in [1.29, 1.82) is 0 Å². The molecule has 38 heavy (non-hydrogen) atoms. The Kier molecular flexibility index (Phi) is 26.1. The van der Waals surface area contributed by atoms with Crippen LogP contribution in [0.1, 0.15) is 117 Å². The first kappa shape index (κ1) is 36.5. The highest BCUT2D eigenvalue weighted by atomic mass is 79.9. The first-order chi connectivity index (χ1) is 18.1. The number of halogens is 1. The number of hydrogen-bond acceptors (Lipinski definition) is 5. The molecule has 0 saturated carbocycles. The van der Waals surface area contributed by atoms with Gasteiger partial charge in [0, 0.05) is 18.7 Å². The summed E-state index contributed by atoms with van der Waals surface area (Å²) in [7, 11) is 0. The maximum absolute atomic E-state index is 11.9. The molecule has 1 aromatic heterocycles. The number of rotatable bonds is 25. The molecular formula is C31H54BrNO5. The zero-order valence-electron chi connectivity index (χ0n) is 24.2. The molecule has 0 aliphatic carbocycles. The van der Waals surface area contributed by atoms with Crippen molar-refractivity contribution in [3.8, 4) is 0 Å². The Balaban J connectivity index is 0.0000137. The van der Waals surface area contributed by atoms with Gasteiger partial charge in [0.05, 0.1) is 12.5 Å². The highest BCUT2D eigenvalue weighted by molar-refractivity contribution is 5.78. The van der Waals surface area contributed by atoms with Gasteiger partial charge in [0.25, 0.3) is 0 Å². The first-order valence-corrected chi connectivity index (χ1v) is 14.9. The van der Waals surface area contributed by atoms with Gasteiger partial charge < -0.3 is 31.2 Å². The largest absolute Gasteiger partial charge is 1.00 e. The number of unbranched alkanes of at least 4 members (excludes halogenated alkanes) is 15. The quantitative estimate of drug-likeness (QED) is 0.0932. The fourth-order valence-electron chi connectivity index (χ4n) is 4.29. The smallest absolute Gasteiger partial charge is 0.508 e. The molecule has 6 nitrogen and oxygen atoms in total. The van der Waals surface area contributed by atoms with E-state index in [0.29, 0.717) is 13.2 Å². The average Bonchev–Trinajstić information content (AvgIpc) is 2.90. The molecule has 7 heteroatoms. The maximum Gasteiger partial charge on any atom is 0.508 e. The molecule has 1 aromatic rings. The number of carbonyl (C=O) groups is 2. The van der Waals surface area contributed by atoms with Crippen LogP contribution in [0.2, 0.25) is 0 Å². The van der Waals surface area contributed by atoms with E-state index in [2.05, 4.69) is 6.92 Å². The number of pyridine rings is 1. The van der Waals surface area contributed by atoms with Crippen LogP contribution in [0.5, 0.6) is 0 Å². The van der Waals surface area contributed by atoms with E-state index in [0.717, 1.165) is 12.8 Å². The summed E-state index contributed by atoms with van der Waals surface area (Å²) in [5.41, 5.74) is 0. The Labute approximate surface area is 243 Å². The lowest BCUT2D eigenvalue weighted by atomic mass is 10.0. The van der Waals surface area contributed by atoms with Crippen molar-refractivity contribution in [3.63, 3.8) is 0 Å². The second kappa shape index (κ2) is 27.1. The van der Waals surface area contributed by atoms with E-state index in [1.165, 1.54) is 96.8 Å². The van der Waals surface area contributed by atoms with E-state index in [-0.39, 0.29) is 42.6 Å². The summed E-state index contributed by atoms with van der Waals surface area (Å²) < 4.78 is 17.8. The third-order valence-electron chi connectivity index (χ3n) is 6.79. The lowest BCUT2D eigenvalue weighted by molar-refractivity contribution is -0.698. The number of hydrogen-bond donors (Lipinski definition) is 0. The minimum absolute atomic E-state index is 0. The molecule has 0 spiro atoms. The molecular weight excluding hydrogens is 546 g/mol. The summed E-state index contributed by atoms with van der Waals surface area (Å²) in [5, 5.41) is 0. The van der Waals surface area contributed by atoms with Gasteiger partial charge in [-0.25, -0.2) is 9.36 Å². The van der Waals surface area contributed by atoms with Gasteiger partial charge in [-0.15, -0.1) is 0 Å². The minimum atomic E-state index is -0.749. The van der Waals surface area contributed by atoms with E-state index >= 15 is 0 Å². The highest BCUT2D eigenvalue weighted by Gasteiger charge is 2.18. The fourth-order valence-corrected chi connectivity index (χ4v) is 4.29. The lowest BCUT2D eigenvalue weighted by Gasteiger charge is -2.14. The molecule has 1 rings (SSSR count). The predicted octanol–water partition coefficient (Wildman–Crippen LogP) is 4.61. The maximum atomic E-state index is 11.9. The van der Waals surface area contributed by atoms with Crippen LogP contribution in [0.25, 0.3) is 0 Å². The van der Waals surface area contributed by atoms with Crippen molar-refractivity contribution in [2.45, 2.75) is 123 Å². The molecule has 0 amide bonds. The summed E-state index contributed by atoms with van der Waals surface area (Å²) in [4.78, 5) is 23.6. The summed E-state index contributed by atoms with van der Waals surface area (Å²) in [6.07, 6.45) is 24.5. The first-order valence-electron chi connectivity index (χ1n) is 14.9. The Morgan fingerprint density at radius 3 is 1.66 bits per heavy atom. The van der Waals surface area contributed by atoms with Crippen LogP contribution in [0.15, 0.2) is 30.6 Å². The van der Waals surface area contributed by atoms with E-state index in [1.54, 1.807) is 0 Å². The molecule has 0 N–H and O–H groups in total. The Morgan fingerprint density at radius 2 is 1.16 bits per heavy atom. The van der Waals surface area contributed by atoms with Gasteiger partial charge in [0.1, 0.15) is 12.4 Å². The summed E-state index contributed by atoms with van der Waals surface area (Å²) in [5.74, 6) is -0.489. The second-order valence-electron chi connectivity index (χ2n) is 10.2. The third-order valence-corrected chi connectivity index (χ3v) is 6.79. The number of aromatic nitrogens is 1. The monoisotopic (exact) mass is 599 g/mol. The van der Waals surface area contributed by atoms with E-state index < -0.39 is 12.1 Å². The number of nitrogens with zero attached hydrogens (tertiary/aromatic N) is 1. The standard InChI is InChI=1S/C31H54NO5.BrH/c1-3-4-5-6-7-8-9-10-11-12-13-14-15-16-17-21-25-35-27-30(29(2)33)28-37-31(34)36-26-24-32-22-19-18-20-23-32;/h18-20,22-23,30H,3-17,21,24-28H2,1-2H3;1H/q+1;/p-1/t30-;/m0./s1. The van der Waals surface area contributed by atoms with Crippen LogP contribution in [0.4, 0.5) is 4.79 Å². The van der Waals surface area contributed by atoms with E-state index in [4.69, 9.17) is 14.2 Å². The van der Waals surface area contributed by atoms with Crippen molar-refractivity contribution in [3.05, 3.63) is 30.6 Å². The number of ether oxygens (including phenoxy) is 3. The second-order valence-corrected chi connectivity index (χ2v) is 10.2. The van der Waals surface area contributed by atoms with Gasteiger partial charge in [0.15, 0.2) is 25.5 Å². The van der Waals surface area contributed by atoms with Crippen molar-refractivity contribution in [2.75, 3.05) is 26.4 Å².